The highest BCUT2D eigenvalue weighted by Gasteiger charge is 2.29. The highest BCUT2D eigenvalue weighted by molar-refractivity contribution is 5.83. The molecule has 5 rings (SSSR count). The molecule has 1 aliphatic carbocycles. The van der Waals surface area contributed by atoms with Crippen LogP contribution in [0.2, 0.25) is 0 Å². The van der Waals surface area contributed by atoms with Gasteiger partial charge < -0.3 is 5.32 Å². The molecule has 4 aromatic rings. The van der Waals surface area contributed by atoms with Gasteiger partial charge >= 0.3 is 0 Å². The van der Waals surface area contributed by atoms with Crippen LogP contribution in [0.5, 0.6) is 0 Å². The van der Waals surface area contributed by atoms with Crippen LogP contribution in [0.1, 0.15) is 35.7 Å². The van der Waals surface area contributed by atoms with E-state index in [1.165, 1.54) is 5.56 Å². The van der Waals surface area contributed by atoms with E-state index in [1.807, 2.05) is 53.2 Å². The maximum atomic E-state index is 13.4. The number of benzene rings is 2. The van der Waals surface area contributed by atoms with Gasteiger partial charge in [-0.25, -0.2) is 4.98 Å². The normalized spacial score (nSPS) is 13.6. The van der Waals surface area contributed by atoms with E-state index in [4.69, 9.17) is 4.98 Å². The average molecular weight is 382 g/mol. The van der Waals surface area contributed by atoms with E-state index < -0.39 is 0 Å². The van der Waals surface area contributed by atoms with Crippen molar-refractivity contribution in [3.05, 3.63) is 94.3 Å². The van der Waals surface area contributed by atoms with Crippen LogP contribution in [0.3, 0.4) is 0 Å². The van der Waals surface area contributed by atoms with Gasteiger partial charge in [0, 0.05) is 29.7 Å². The number of nitrogens with one attached hydrogen (secondary N) is 1. The van der Waals surface area contributed by atoms with Crippen molar-refractivity contribution in [2.75, 3.05) is 5.32 Å². The van der Waals surface area contributed by atoms with Crippen LogP contribution < -0.4 is 10.9 Å². The summed E-state index contributed by atoms with van der Waals surface area (Å²) >= 11 is 0. The standard InChI is InChI=1S/C24H22N4O/c1-16-4-8-19(9-5-16)26-20-10-11-22-21(13-20)24(29)28(23(27-22)18-6-7-18)15-17-3-2-12-25-14-17/h2-5,8-14,18,26H,6-7,15H2,1H3. The smallest absolute Gasteiger partial charge is 0.261 e. The molecule has 1 N–H and O–H groups in total. The van der Waals surface area contributed by atoms with Crippen molar-refractivity contribution in [2.24, 2.45) is 0 Å². The molecule has 0 unspecified atom stereocenters. The number of nitrogens with zero attached hydrogens (tertiary/aromatic N) is 3. The summed E-state index contributed by atoms with van der Waals surface area (Å²) in [6.45, 7) is 2.56. The lowest BCUT2D eigenvalue weighted by Crippen LogP contribution is -2.25. The first-order chi connectivity index (χ1) is 14.2. The Morgan fingerprint density at radius 3 is 2.59 bits per heavy atom. The fourth-order valence-electron chi connectivity index (χ4n) is 3.60. The predicted octanol–water partition coefficient (Wildman–Crippen LogP) is 4.77. The Kier molecular flexibility index (Phi) is 4.35. The van der Waals surface area contributed by atoms with E-state index in [-0.39, 0.29) is 5.56 Å². The Balaban J connectivity index is 1.57. The molecule has 0 atom stereocenters. The zero-order valence-corrected chi connectivity index (χ0v) is 16.3. The van der Waals surface area contributed by atoms with Gasteiger partial charge in [-0.2, -0.15) is 0 Å². The molecule has 0 aliphatic heterocycles. The van der Waals surface area contributed by atoms with E-state index in [9.17, 15) is 4.79 Å². The lowest BCUT2D eigenvalue weighted by Gasteiger charge is -2.14. The zero-order chi connectivity index (χ0) is 19.8. The summed E-state index contributed by atoms with van der Waals surface area (Å²) in [4.78, 5) is 22.5. The minimum absolute atomic E-state index is 0.00769. The Hall–Kier alpha value is -3.47. The van der Waals surface area contributed by atoms with Gasteiger partial charge in [-0.05, 0) is 61.7 Å². The fourth-order valence-corrected chi connectivity index (χ4v) is 3.60. The number of anilines is 2. The summed E-state index contributed by atoms with van der Waals surface area (Å²) in [6, 6.07) is 17.9. The second-order valence-electron chi connectivity index (χ2n) is 7.72. The number of hydrogen-bond donors (Lipinski definition) is 1. The third-order valence-electron chi connectivity index (χ3n) is 5.33. The first kappa shape index (κ1) is 17.6. The molecule has 5 nitrogen and oxygen atoms in total. The maximum Gasteiger partial charge on any atom is 0.261 e. The molecule has 1 aliphatic rings. The number of fused-ring (bicyclic) bond motifs is 1. The number of hydrogen-bond acceptors (Lipinski definition) is 4. The van der Waals surface area contributed by atoms with E-state index in [0.29, 0.717) is 17.8 Å². The van der Waals surface area contributed by atoms with E-state index >= 15 is 0 Å². The van der Waals surface area contributed by atoms with Gasteiger partial charge in [0.1, 0.15) is 5.82 Å². The van der Waals surface area contributed by atoms with Gasteiger partial charge in [0.15, 0.2) is 0 Å². The third kappa shape index (κ3) is 3.63. The molecule has 5 heteroatoms. The van der Waals surface area contributed by atoms with Gasteiger partial charge in [0.25, 0.3) is 5.56 Å². The van der Waals surface area contributed by atoms with Crippen LogP contribution in [0.4, 0.5) is 11.4 Å². The first-order valence-electron chi connectivity index (χ1n) is 9.94. The SMILES string of the molecule is Cc1ccc(Nc2ccc3nc(C4CC4)n(Cc4cccnc4)c(=O)c3c2)cc1. The Morgan fingerprint density at radius 1 is 1.07 bits per heavy atom. The van der Waals surface area contributed by atoms with Crippen LogP contribution >= 0.6 is 0 Å². The lowest BCUT2D eigenvalue weighted by molar-refractivity contribution is 0.679. The molecule has 144 valence electrons. The Morgan fingerprint density at radius 2 is 1.86 bits per heavy atom. The van der Waals surface area contributed by atoms with Gasteiger partial charge in [0.05, 0.1) is 17.4 Å². The molecule has 0 saturated heterocycles. The summed E-state index contributed by atoms with van der Waals surface area (Å²) in [5.74, 6) is 1.28. The van der Waals surface area contributed by atoms with E-state index in [0.717, 1.165) is 41.1 Å². The van der Waals surface area contributed by atoms with Crippen molar-refractivity contribution < 1.29 is 0 Å². The predicted molar refractivity (Wildman–Crippen MR) is 116 cm³/mol. The molecule has 0 amide bonds. The highest BCUT2D eigenvalue weighted by Crippen LogP contribution is 2.39. The minimum Gasteiger partial charge on any atom is -0.356 e. The second-order valence-corrected chi connectivity index (χ2v) is 7.72. The van der Waals surface area contributed by atoms with E-state index in [1.54, 1.807) is 6.20 Å². The van der Waals surface area contributed by atoms with Crippen molar-refractivity contribution in [1.82, 2.24) is 14.5 Å². The van der Waals surface area contributed by atoms with Gasteiger partial charge in [0.2, 0.25) is 0 Å². The molecular weight excluding hydrogens is 360 g/mol. The van der Waals surface area contributed by atoms with Crippen LogP contribution in [-0.2, 0) is 6.54 Å². The topological polar surface area (TPSA) is 59.8 Å². The zero-order valence-electron chi connectivity index (χ0n) is 16.3. The molecular formula is C24H22N4O. The largest absolute Gasteiger partial charge is 0.356 e. The summed E-state index contributed by atoms with van der Waals surface area (Å²) < 4.78 is 1.83. The summed E-state index contributed by atoms with van der Waals surface area (Å²) in [5.41, 5.74) is 4.86. The van der Waals surface area contributed by atoms with Gasteiger partial charge in [-0.3, -0.25) is 14.3 Å². The molecule has 1 saturated carbocycles. The molecule has 29 heavy (non-hydrogen) atoms. The number of rotatable bonds is 5. The van der Waals surface area contributed by atoms with Crippen molar-refractivity contribution >= 4 is 22.3 Å². The molecule has 2 aromatic heterocycles. The average Bonchev–Trinajstić information content (AvgIpc) is 3.58. The second kappa shape index (κ2) is 7.17. The molecule has 2 aromatic carbocycles. The molecule has 1 fully saturated rings. The quantitative estimate of drug-likeness (QED) is 0.540. The van der Waals surface area contributed by atoms with Crippen molar-refractivity contribution in [1.29, 1.82) is 0 Å². The summed E-state index contributed by atoms with van der Waals surface area (Å²) in [7, 11) is 0. The van der Waals surface area contributed by atoms with Gasteiger partial charge in [-0.1, -0.05) is 23.8 Å². The first-order valence-corrected chi connectivity index (χ1v) is 9.94. The molecule has 0 bridgehead atoms. The summed E-state index contributed by atoms with van der Waals surface area (Å²) in [6.07, 6.45) is 5.74. The number of aryl methyl sites for hydroxylation is 1. The van der Waals surface area contributed by atoms with Crippen molar-refractivity contribution in [3.8, 4) is 0 Å². The molecule has 0 spiro atoms. The van der Waals surface area contributed by atoms with Crippen LogP contribution in [0, 0.1) is 6.92 Å². The highest BCUT2D eigenvalue weighted by atomic mass is 16.1. The Labute approximate surface area is 169 Å². The molecule has 0 radical (unpaired) electrons. The van der Waals surface area contributed by atoms with Crippen molar-refractivity contribution in [3.63, 3.8) is 0 Å². The van der Waals surface area contributed by atoms with Crippen LogP contribution in [-0.4, -0.2) is 14.5 Å². The number of pyridine rings is 1. The third-order valence-corrected chi connectivity index (χ3v) is 5.33. The van der Waals surface area contributed by atoms with Crippen LogP contribution in [0.15, 0.2) is 71.8 Å². The maximum absolute atomic E-state index is 13.4. The number of aromatic nitrogens is 3. The lowest BCUT2D eigenvalue weighted by atomic mass is 10.1. The van der Waals surface area contributed by atoms with Crippen LogP contribution in [0.25, 0.3) is 10.9 Å². The Bertz CT molecular complexity index is 1230. The fraction of sp³-hybridized carbons (Fsp3) is 0.208. The van der Waals surface area contributed by atoms with Crippen molar-refractivity contribution in [2.45, 2.75) is 32.2 Å². The monoisotopic (exact) mass is 382 g/mol. The van der Waals surface area contributed by atoms with Gasteiger partial charge in [-0.15, -0.1) is 0 Å². The summed E-state index contributed by atoms with van der Waals surface area (Å²) in [5, 5.41) is 4.02. The minimum atomic E-state index is 0.00769. The molecule has 2 heterocycles. The van der Waals surface area contributed by atoms with E-state index in [2.05, 4.69) is 29.4 Å².